The van der Waals surface area contributed by atoms with E-state index in [1.807, 2.05) is 31.2 Å². The van der Waals surface area contributed by atoms with Gasteiger partial charge in [-0.05, 0) is 35.7 Å². The molecule has 2 aromatic carbocycles. The molecule has 4 nitrogen and oxygen atoms in total. The standard InChI is InChI=1S/C19H20FNO3/c1-13-5-3-4-6-15(13)12-17(19(23)24-2)21-18(22)11-14-7-9-16(20)10-8-14/h3-10,17H,11-12H2,1-2H3,(H,21,22)/t17-/m1/s1. The summed E-state index contributed by atoms with van der Waals surface area (Å²) in [6.45, 7) is 1.95. The lowest BCUT2D eigenvalue weighted by molar-refractivity contribution is -0.145. The first-order valence-corrected chi connectivity index (χ1v) is 7.65. The van der Waals surface area contributed by atoms with E-state index in [1.165, 1.54) is 19.2 Å². The van der Waals surface area contributed by atoms with Crippen LogP contribution in [0.4, 0.5) is 4.39 Å². The van der Waals surface area contributed by atoms with Crippen LogP contribution in [0.3, 0.4) is 0 Å². The van der Waals surface area contributed by atoms with Crippen LogP contribution in [-0.4, -0.2) is 25.0 Å². The van der Waals surface area contributed by atoms with Crippen molar-refractivity contribution < 1.29 is 18.7 Å². The van der Waals surface area contributed by atoms with Crippen LogP contribution >= 0.6 is 0 Å². The van der Waals surface area contributed by atoms with Crippen molar-refractivity contribution in [3.05, 3.63) is 71.0 Å². The van der Waals surface area contributed by atoms with E-state index in [1.54, 1.807) is 12.1 Å². The molecule has 0 saturated heterocycles. The molecule has 0 aliphatic heterocycles. The zero-order valence-electron chi connectivity index (χ0n) is 13.7. The van der Waals surface area contributed by atoms with Crippen LogP contribution in [0.2, 0.25) is 0 Å². The summed E-state index contributed by atoms with van der Waals surface area (Å²) in [4.78, 5) is 24.2. The fraction of sp³-hybridized carbons (Fsp3) is 0.263. The highest BCUT2D eigenvalue weighted by atomic mass is 19.1. The van der Waals surface area contributed by atoms with Crippen molar-refractivity contribution in [3.8, 4) is 0 Å². The molecular formula is C19H20FNO3. The van der Waals surface area contributed by atoms with Crippen LogP contribution in [0.1, 0.15) is 16.7 Å². The molecule has 0 unspecified atom stereocenters. The number of esters is 1. The molecule has 1 N–H and O–H groups in total. The molecule has 0 spiro atoms. The third-order valence-electron chi connectivity index (χ3n) is 3.78. The molecule has 24 heavy (non-hydrogen) atoms. The van der Waals surface area contributed by atoms with Gasteiger partial charge in [0.1, 0.15) is 11.9 Å². The van der Waals surface area contributed by atoms with Gasteiger partial charge in [0.25, 0.3) is 0 Å². The Morgan fingerprint density at radius 3 is 2.42 bits per heavy atom. The SMILES string of the molecule is COC(=O)[C@@H](Cc1ccccc1C)NC(=O)Cc1ccc(F)cc1. The molecule has 126 valence electrons. The van der Waals surface area contributed by atoms with Gasteiger partial charge < -0.3 is 10.1 Å². The molecule has 2 aromatic rings. The number of hydrogen-bond acceptors (Lipinski definition) is 3. The van der Waals surface area contributed by atoms with Gasteiger partial charge in [-0.25, -0.2) is 9.18 Å². The Morgan fingerprint density at radius 2 is 1.79 bits per heavy atom. The second-order valence-corrected chi connectivity index (χ2v) is 5.58. The van der Waals surface area contributed by atoms with Crippen LogP contribution in [0.25, 0.3) is 0 Å². The zero-order valence-corrected chi connectivity index (χ0v) is 13.7. The number of amides is 1. The van der Waals surface area contributed by atoms with Crippen molar-refractivity contribution in [2.45, 2.75) is 25.8 Å². The van der Waals surface area contributed by atoms with Gasteiger partial charge in [-0.3, -0.25) is 4.79 Å². The summed E-state index contributed by atoms with van der Waals surface area (Å²) in [6, 6.07) is 12.6. The highest BCUT2D eigenvalue weighted by molar-refractivity contribution is 5.85. The highest BCUT2D eigenvalue weighted by Gasteiger charge is 2.22. The molecule has 0 heterocycles. The van der Waals surface area contributed by atoms with E-state index in [0.29, 0.717) is 12.0 Å². The number of aryl methyl sites for hydroxylation is 1. The van der Waals surface area contributed by atoms with Crippen LogP contribution in [0, 0.1) is 12.7 Å². The number of ether oxygens (including phenoxy) is 1. The van der Waals surface area contributed by atoms with E-state index in [0.717, 1.165) is 11.1 Å². The Labute approximate surface area is 140 Å². The van der Waals surface area contributed by atoms with Crippen LogP contribution in [-0.2, 0) is 27.2 Å². The van der Waals surface area contributed by atoms with E-state index in [2.05, 4.69) is 5.32 Å². The normalized spacial score (nSPS) is 11.6. The molecule has 0 aliphatic rings. The van der Waals surface area contributed by atoms with Gasteiger partial charge in [-0.15, -0.1) is 0 Å². The first kappa shape index (κ1) is 17.7. The van der Waals surface area contributed by atoms with E-state index in [9.17, 15) is 14.0 Å². The minimum atomic E-state index is -0.760. The smallest absolute Gasteiger partial charge is 0.328 e. The number of halogens is 1. The third-order valence-corrected chi connectivity index (χ3v) is 3.78. The average Bonchev–Trinajstić information content (AvgIpc) is 2.57. The fourth-order valence-corrected chi connectivity index (χ4v) is 2.43. The second kappa shape index (κ2) is 8.24. The van der Waals surface area contributed by atoms with Gasteiger partial charge in [0.2, 0.25) is 5.91 Å². The van der Waals surface area contributed by atoms with Gasteiger partial charge in [-0.1, -0.05) is 36.4 Å². The molecule has 1 atom stereocenters. The summed E-state index contributed by atoms with van der Waals surface area (Å²) >= 11 is 0. The molecule has 0 bridgehead atoms. The summed E-state index contributed by atoms with van der Waals surface area (Å²) in [6.07, 6.45) is 0.427. The Kier molecular flexibility index (Phi) is 6.07. The van der Waals surface area contributed by atoms with Crippen LogP contribution < -0.4 is 5.32 Å². The maximum Gasteiger partial charge on any atom is 0.328 e. The van der Waals surface area contributed by atoms with E-state index in [4.69, 9.17) is 4.74 Å². The first-order chi connectivity index (χ1) is 11.5. The molecular weight excluding hydrogens is 309 g/mol. The lowest BCUT2D eigenvalue weighted by atomic mass is 10.0. The second-order valence-electron chi connectivity index (χ2n) is 5.58. The predicted molar refractivity (Wildman–Crippen MR) is 88.9 cm³/mol. The zero-order chi connectivity index (χ0) is 17.5. The van der Waals surface area contributed by atoms with Crippen molar-refractivity contribution in [2.75, 3.05) is 7.11 Å². The first-order valence-electron chi connectivity index (χ1n) is 7.65. The number of methoxy groups -OCH3 is 1. The number of nitrogens with one attached hydrogen (secondary N) is 1. The molecule has 0 radical (unpaired) electrons. The van der Waals surface area contributed by atoms with E-state index in [-0.39, 0.29) is 18.1 Å². The molecule has 0 fully saturated rings. The van der Waals surface area contributed by atoms with Gasteiger partial charge in [0.05, 0.1) is 13.5 Å². The van der Waals surface area contributed by atoms with E-state index >= 15 is 0 Å². The molecule has 0 aromatic heterocycles. The molecule has 2 rings (SSSR count). The van der Waals surface area contributed by atoms with Crippen molar-refractivity contribution in [1.29, 1.82) is 0 Å². The Bertz CT molecular complexity index is 713. The summed E-state index contributed by atoms with van der Waals surface area (Å²) < 4.78 is 17.7. The summed E-state index contributed by atoms with van der Waals surface area (Å²) in [5.41, 5.74) is 2.68. The summed E-state index contributed by atoms with van der Waals surface area (Å²) in [5.74, 6) is -1.16. The maximum absolute atomic E-state index is 12.9. The molecule has 1 amide bonds. The van der Waals surface area contributed by atoms with Crippen LogP contribution in [0.15, 0.2) is 48.5 Å². The minimum absolute atomic E-state index is 0.0710. The number of carbonyl (C=O) groups is 2. The number of benzene rings is 2. The van der Waals surface area contributed by atoms with Gasteiger partial charge in [-0.2, -0.15) is 0 Å². The Hall–Kier alpha value is -2.69. The summed E-state index contributed by atoms with van der Waals surface area (Å²) in [7, 11) is 1.29. The van der Waals surface area contributed by atoms with Gasteiger partial charge in [0.15, 0.2) is 0 Å². The molecule has 0 saturated carbocycles. The van der Waals surface area contributed by atoms with Crippen LogP contribution in [0.5, 0.6) is 0 Å². The number of carbonyl (C=O) groups excluding carboxylic acids is 2. The van der Waals surface area contributed by atoms with Crippen molar-refractivity contribution in [2.24, 2.45) is 0 Å². The molecule has 0 aliphatic carbocycles. The van der Waals surface area contributed by atoms with E-state index < -0.39 is 12.0 Å². The number of rotatable bonds is 6. The number of hydrogen-bond donors (Lipinski definition) is 1. The van der Waals surface area contributed by atoms with Crippen molar-refractivity contribution in [3.63, 3.8) is 0 Å². The quantitative estimate of drug-likeness (QED) is 0.829. The van der Waals surface area contributed by atoms with Crippen molar-refractivity contribution in [1.82, 2.24) is 5.32 Å². The topological polar surface area (TPSA) is 55.4 Å². The Balaban J connectivity index is 2.05. The third kappa shape index (κ3) is 4.91. The van der Waals surface area contributed by atoms with Gasteiger partial charge >= 0.3 is 5.97 Å². The lowest BCUT2D eigenvalue weighted by Crippen LogP contribution is -2.43. The minimum Gasteiger partial charge on any atom is -0.467 e. The largest absolute Gasteiger partial charge is 0.467 e. The monoisotopic (exact) mass is 329 g/mol. The summed E-state index contributed by atoms with van der Waals surface area (Å²) in [5, 5.41) is 2.70. The maximum atomic E-state index is 12.9. The van der Waals surface area contributed by atoms with Crippen molar-refractivity contribution >= 4 is 11.9 Å². The molecule has 5 heteroatoms. The highest BCUT2D eigenvalue weighted by Crippen LogP contribution is 2.11. The fourth-order valence-electron chi connectivity index (χ4n) is 2.43. The Morgan fingerprint density at radius 1 is 1.12 bits per heavy atom. The average molecular weight is 329 g/mol. The van der Waals surface area contributed by atoms with Gasteiger partial charge in [0, 0.05) is 6.42 Å². The lowest BCUT2D eigenvalue weighted by Gasteiger charge is -2.17. The predicted octanol–water partition coefficient (Wildman–Crippen LogP) is 2.58.